The van der Waals surface area contributed by atoms with Gasteiger partial charge >= 0.3 is 0 Å². The fourth-order valence-electron chi connectivity index (χ4n) is 3.85. The first kappa shape index (κ1) is 28.4. The van der Waals surface area contributed by atoms with Gasteiger partial charge in [-0.2, -0.15) is 0 Å². The summed E-state index contributed by atoms with van der Waals surface area (Å²) in [5.74, 6) is -0.403. The minimum absolute atomic E-state index is 0.0397. The second-order valence-electron chi connectivity index (χ2n) is 9.58. The monoisotopic (exact) mass is 501 g/mol. The van der Waals surface area contributed by atoms with Crippen LogP contribution in [0.5, 0.6) is 0 Å². The first-order valence-corrected chi connectivity index (χ1v) is 13.8. The number of anilines is 1. The Morgan fingerprint density at radius 1 is 0.943 bits per heavy atom. The Hall–Kier alpha value is -2.87. The van der Waals surface area contributed by atoms with E-state index in [1.165, 1.54) is 10.6 Å². The minimum atomic E-state index is -3.53. The lowest BCUT2D eigenvalue weighted by Gasteiger charge is -2.30. The molecule has 2 aromatic carbocycles. The average molecular weight is 502 g/mol. The zero-order chi connectivity index (χ0) is 26.3. The van der Waals surface area contributed by atoms with E-state index in [-0.39, 0.29) is 30.8 Å². The molecule has 0 aliphatic carbocycles. The van der Waals surface area contributed by atoms with E-state index >= 15 is 0 Å². The molecule has 0 spiro atoms. The van der Waals surface area contributed by atoms with Crippen molar-refractivity contribution in [2.24, 2.45) is 0 Å². The molecule has 0 fully saturated rings. The molecule has 8 heteroatoms. The van der Waals surface area contributed by atoms with Crippen molar-refractivity contribution in [1.29, 1.82) is 0 Å². The number of sulfonamides is 1. The van der Waals surface area contributed by atoms with Gasteiger partial charge in [-0.05, 0) is 70.7 Å². The molecule has 0 bridgehead atoms. The molecule has 0 saturated carbocycles. The van der Waals surface area contributed by atoms with Gasteiger partial charge in [-0.15, -0.1) is 0 Å². The van der Waals surface area contributed by atoms with Crippen molar-refractivity contribution in [3.05, 3.63) is 64.7 Å². The van der Waals surface area contributed by atoms with E-state index in [2.05, 4.69) is 5.32 Å². The van der Waals surface area contributed by atoms with Gasteiger partial charge in [0, 0.05) is 25.6 Å². The standard InChI is InChI=1S/C27H39N3O4S/c1-19(2)28-27(32)23(6)29(18-24-14-11-20(3)12-15-24)26(31)9-8-16-30(35(7,33)34)25-17-21(4)10-13-22(25)5/h10-15,17,19,23H,8-9,16,18H2,1-7H3,(H,28,32)/t23-/m0/s1. The van der Waals surface area contributed by atoms with E-state index in [1.807, 2.05) is 77.1 Å². The Balaban J connectivity index is 2.20. The van der Waals surface area contributed by atoms with Crippen molar-refractivity contribution in [2.45, 2.75) is 73.0 Å². The zero-order valence-electron chi connectivity index (χ0n) is 22.0. The van der Waals surface area contributed by atoms with Crippen LogP contribution < -0.4 is 9.62 Å². The van der Waals surface area contributed by atoms with Gasteiger partial charge in [0.05, 0.1) is 11.9 Å². The largest absolute Gasteiger partial charge is 0.352 e. The molecule has 2 amide bonds. The van der Waals surface area contributed by atoms with Crippen molar-refractivity contribution in [1.82, 2.24) is 10.2 Å². The van der Waals surface area contributed by atoms with Gasteiger partial charge < -0.3 is 10.2 Å². The first-order valence-electron chi connectivity index (χ1n) is 12.0. The summed E-state index contributed by atoms with van der Waals surface area (Å²) in [4.78, 5) is 27.6. The van der Waals surface area contributed by atoms with Crippen LogP contribution in [-0.2, 0) is 26.2 Å². The van der Waals surface area contributed by atoms with Gasteiger partial charge in [0.25, 0.3) is 0 Å². The molecule has 1 N–H and O–H groups in total. The van der Waals surface area contributed by atoms with Crippen LogP contribution in [0.3, 0.4) is 0 Å². The maximum atomic E-state index is 13.3. The Kier molecular flexibility index (Phi) is 9.89. The third kappa shape index (κ3) is 8.38. The van der Waals surface area contributed by atoms with Crippen molar-refractivity contribution in [2.75, 3.05) is 17.1 Å². The maximum absolute atomic E-state index is 13.3. The van der Waals surface area contributed by atoms with Crippen LogP contribution in [0.2, 0.25) is 0 Å². The van der Waals surface area contributed by atoms with Gasteiger partial charge in [-0.3, -0.25) is 13.9 Å². The number of nitrogens with one attached hydrogen (secondary N) is 1. The summed E-state index contributed by atoms with van der Waals surface area (Å²) in [6.07, 6.45) is 1.64. The highest BCUT2D eigenvalue weighted by molar-refractivity contribution is 7.92. The number of hydrogen-bond donors (Lipinski definition) is 1. The summed E-state index contributed by atoms with van der Waals surface area (Å²) in [7, 11) is -3.53. The number of carbonyl (C=O) groups is 2. The van der Waals surface area contributed by atoms with Crippen LogP contribution in [0.15, 0.2) is 42.5 Å². The topological polar surface area (TPSA) is 86.8 Å². The third-order valence-electron chi connectivity index (χ3n) is 5.86. The highest BCUT2D eigenvalue weighted by atomic mass is 32.2. The molecule has 0 heterocycles. The lowest BCUT2D eigenvalue weighted by Crippen LogP contribution is -2.49. The Morgan fingerprint density at radius 3 is 2.11 bits per heavy atom. The van der Waals surface area contributed by atoms with Crippen LogP contribution in [0.1, 0.15) is 55.9 Å². The molecular formula is C27H39N3O4S. The molecule has 0 saturated heterocycles. The van der Waals surface area contributed by atoms with Crippen LogP contribution in [0.25, 0.3) is 0 Å². The summed E-state index contributed by atoms with van der Waals surface area (Å²) in [6, 6.07) is 12.8. The molecule has 0 radical (unpaired) electrons. The third-order valence-corrected chi connectivity index (χ3v) is 7.04. The lowest BCUT2D eigenvalue weighted by atomic mass is 10.1. The normalized spacial score (nSPS) is 12.3. The van der Waals surface area contributed by atoms with E-state index in [9.17, 15) is 18.0 Å². The summed E-state index contributed by atoms with van der Waals surface area (Å²) in [5.41, 5.74) is 4.49. The molecule has 0 aliphatic rings. The molecule has 1 atom stereocenters. The van der Waals surface area contributed by atoms with Gasteiger partial charge in [-0.25, -0.2) is 8.42 Å². The molecule has 0 unspecified atom stereocenters. The van der Waals surface area contributed by atoms with Crippen LogP contribution in [0.4, 0.5) is 5.69 Å². The summed E-state index contributed by atoms with van der Waals surface area (Å²) < 4.78 is 26.5. The number of carbonyl (C=O) groups excluding carboxylic acids is 2. The fourth-order valence-corrected chi connectivity index (χ4v) is 4.86. The highest BCUT2D eigenvalue weighted by Crippen LogP contribution is 2.24. The SMILES string of the molecule is Cc1ccc(CN(C(=O)CCCN(c2cc(C)ccc2C)S(C)(=O)=O)[C@@H](C)C(=O)NC(C)C)cc1. The lowest BCUT2D eigenvalue weighted by molar-refractivity contribution is -0.140. The van der Waals surface area contributed by atoms with Crippen molar-refractivity contribution in [3.8, 4) is 0 Å². The van der Waals surface area contributed by atoms with Crippen LogP contribution in [0, 0.1) is 20.8 Å². The molecule has 0 aliphatic heterocycles. The zero-order valence-corrected chi connectivity index (χ0v) is 22.8. The molecule has 0 aromatic heterocycles. The highest BCUT2D eigenvalue weighted by Gasteiger charge is 2.27. The van der Waals surface area contributed by atoms with E-state index in [0.29, 0.717) is 18.7 Å². The molecule has 2 aromatic rings. The molecular weight excluding hydrogens is 462 g/mol. The predicted molar refractivity (Wildman–Crippen MR) is 142 cm³/mol. The average Bonchev–Trinajstić information content (AvgIpc) is 2.76. The number of rotatable bonds is 11. The van der Waals surface area contributed by atoms with Crippen LogP contribution >= 0.6 is 0 Å². The first-order chi connectivity index (χ1) is 16.3. The number of nitrogens with zero attached hydrogens (tertiary/aromatic N) is 2. The van der Waals surface area contributed by atoms with Gasteiger partial charge in [-0.1, -0.05) is 42.0 Å². The molecule has 7 nitrogen and oxygen atoms in total. The quantitative estimate of drug-likeness (QED) is 0.502. The summed E-state index contributed by atoms with van der Waals surface area (Å²) >= 11 is 0. The van der Waals surface area contributed by atoms with Gasteiger partial charge in [0.2, 0.25) is 21.8 Å². The number of aryl methyl sites for hydroxylation is 3. The van der Waals surface area contributed by atoms with Crippen molar-refractivity contribution >= 4 is 27.5 Å². The molecule has 35 heavy (non-hydrogen) atoms. The number of amides is 2. The minimum Gasteiger partial charge on any atom is -0.352 e. The van der Waals surface area contributed by atoms with Gasteiger partial charge in [0.15, 0.2) is 0 Å². The second kappa shape index (κ2) is 12.2. The van der Waals surface area contributed by atoms with Crippen LogP contribution in [-0.4, -0.2) is 50.0 Å². The van der Waals surface area contributed by atoms with E-state index < -0.39 is 16.1 Å². The van der Waals surface area contributed by atoms with Gasteiger partial charge in [0.1, 0.15) is 6.04 Å². The second-order valence-corrected chi connectivity index (χ2v) is 11.5. The Labute approximate surface area is 210 Å². The van der Waals surface area contributed by atoms with E-state index in [0.717, 1.165) is 22.3 Å². The Morgan fingerprint density at radius 2 is 1.54 bits per heavy atom. The summed E-state index contributed by atoms with van der Waals surface area (Å²) in [5, 5.41) is 2.88. The maximum Gasteiger partial charge on any atom is 0.242 e. The number of hydrogen-bond acceptors (Lipinski definition) is 4. The molecule has 192 valence electrons. The predicted octanol–water partition coefficient (Wildman–Crippen LogP) is 4.10. The number of benzene rings is 2. The van der Waals surface area contributed by atoms with Crippen molar-refractivity contribution in [3.63, 3.8) is 0 Å². The molecule has 2 rings (SSSR count). The summed E-state index contributed by atoms with van der Waals surface area (Å²) in [6.45, 7) is 11.7. The van der Waals surface area contributed by atoms with Crippen molar-refractivity contribution < 1.29 is 18.0 Å². The Bertz CT molecular complexity index is 1130. The van der Waals surface area contributed by atoms with E-state index in [1.54, 1.807) is 11.8 Å². The fraction of sp³-hybridized carbons (Fsp3) is 0.481. The smallest absolute Gasteiger partial charge is 0.242 e. The van der Waals surface area contributed by atoms with E-state index in [4.69, 9.17) is 0 Å².